The molecule has 1 aromatic carbocycles. The van der Waals surface area contributed by atoms with Gasteiger partial charge in [-0.05, 0) is 68.5 Å². The molecule has 8 N–H and O–H groups in total. The molecule has 2 rings (SSSR count). The SMILES string of the molecule is CCC(C=C(C)N=C(N)C1=C(C)C=C(Cl)CC1)NCC[NH+]=C(N)c1ccccc1N. The van der Waals surface area contributed by atoms with Gasteiger partial charge in [0.2, 0.25) is 0 Å². The molecule has 7 heteroatoms. The summed E-state index contributed by atoms with van der Waals surface area (Å²) in [5.74, 6) is 1.15. The van der Waals surface area contributed by atoms with Crippen molar-refractivity contribution in [1.29, 1.82) is 0 Å². The lowest BCUT2D eigenvalue weighted by Gasteiger charge is -2.16. The first-order valence-corrected chi connectivity index (χ1v) is 10.7. The summed E-state index contributed by atoms with van der Waals surface area (Å²) in [4.78, 5) is 7.82. The maximum absolute atomic E-state index is 6.25. The molecule has 1 aromatic rings. The largest absolute Gasteiger partial charge is 0.398 e. The second-order valence-corrected chi connectivity index (χ2v) is 7.94. The Kier molecular flexibility index (Phi) is 9.15. The maximum atomic E-state index is 6.25. The summed E-state index contributed by atoms with van der Waals surface area (Å²) in [5, 5.41) is 4.37. The van der Waals surface area contributed by atoms with E-state index < -0.39 is 0 Å². The highest BCUT2D eigenvalue weighted by Gasteiger charge is 2.13. The number of nitrogens with two attached hydrogens (primary N) is 3. The lowest BCUT2D eigenvalue weighted by atomic mass is 9.97. The number of hydrogen-bond donors (Lipinski definition) is 5. The van der Waals surface area contributed by atoms with Crippen molar-refractivity contribution in [2.45, 2.75) is 46.1 Å². The van der Waals surface area contributed by atoms with Gasteiger partial charge < -0.3 is 16.8 Å². The van der Waals surface area contributed by atoms with Crippen LogP contribution in [0, 0.1) is 0 Å². The molecule has 0 heterocycles. The summed E-state index contributed by atoms with van der Waals surface area (Å²) in [7, 11) is 0. The van der Waals surface area contributed by atoms with Crippen molar-refractivity contribution >= 4 is 29.0 Å². The van der Waals surface area contributed by atoms with E-state index in [0.717, 1.165) is 53.2 Å². The number of rotatable bonds is 9. The van der Waals surface area contributed by atoms with Crippen molar-refractivity contribution in [2.24, 2.45) is 16.5 Å². The second-order valence-electron chi connectivity index (χ2n) is 7.45. The van der Waals surface area contributed by atoms with Crippen molar-refractivity contribution in [1.82, 2.24) is 5.32 Å². The molecule has 1 aliphatic rings. The van der Waals surface area contributed by atoms with E-state index in [2.05, 4.69) is 28.3 Å². The van der Waals surface area contributed by atoms with Crippen molar-refractivity contribution in [3.8, 4) is 0 Å². The zero-order valence-electron chi connectivity index (χ0n) is 18.1. The number of aliphatic imine (C=N–C) groups is 1. The van der Waals surface area contributed by atoms with Crippen LogP contribution in [0.2, 0.25) is 0 Å². The Balaban J connectivity index is 1.94. The number of nitrogens with zero attached hydrogens (tertiary/aromatic N) is 1. The molecule has 6 nitrogen and oxygen atoms in total. The topological polar surface area (TPSA) is 116 Å². The molecule has 0 fully saturated rings. The molecule has 1 atom stereocenters. The van der Waals surface area contributed by atoms with Gasteiger partial charge in [-0.15, -0.1) is 0 Å². The Morgan fingerprint density at radius 3 is 2.70 bits per heavy atom. The van der Waals surface area contributed by atoms with Gasteiger partial charge in [0.25, 0.3) is 5.84 Å². The van der Waals surface area contributed by atoms with E-state index in [9.17, 15) is 0 Å². The van der Waals surface area contributed by atoms with Crippen molar-refractivity contribution in [3.63, 3.8) is 0 Å². The fourth-order valence-corrected chi connectivity index (χ4v) is 3.62. The van der Waals surface area contributed by atoms with Gasteiger partial charge in [0.05, 0.1) is 12.1 Å². The first-order valence-electron chi connectivity index (χ1n) is 10.3. The van der Waals surface area contributed by atoms with Gasteiger partial charge in [-0.2, -0.15) is 0 Å². The minimum absolute atomic E-state index is 0.196. The van der Waals surface area contributed by atoms with Crippen LogP contribution in [0.15, 0.2) is 63.3 Å². The molecular formula is C23H34ClN6+. The van der Waals surface area contributed by atoms with Crippen LogP contribution in [-0.2, 0) is 0 Å². The zero-order chi connectivity index (χ0) is 22.1. The van der Waals surface area contributed by atoms with Crippen molar-refractivity contribution < 1.29 is 4.99 Å². The summed E-state index contributed by atoms with van der Waals surface area (Å²) >= 11 is 6.10. The number of halogens is 1. The van der Waals surface area contributed by atoms with Gasteiger partial charge in [0, 0.05) is 29.0 Å². The quantitative estimate of drug-likeness (QED) is 0.178. The summed E-state index contributed by atoms with van der Waals surface area (Å²) < 4.78 is 0. The van der Waals surface area contributed by atoms with Crippen LogP contribution < -0.4 is 27.5 Å². The van der Waals surface area contributed by atoms with Gasteiger partial charge in [0.1, 0.15) is 5.84 Å². The van der Waals surface area contributed by atoms with E-state index in [-0.39, 0.29) is 6.04 Å². The average Bonchev–Trinajstić information content (AvgIpc) is 2.70. The lowest BCUT2D eigenvalue weighted by Crippen LogP contribution is -2.77. The molecule has 0 amide bonds. The molecule has 0 saturated heterocycles. The van der Waals surface area contributed by atoms with E-state index in [1.165, 1.54) is 0 Å². The Morgan fingerprint density at radius 1 is 1.30 bits per heavy atom. The number of anilines is 1. The normalized spacial score (nSPS) is 17.2. The molecule has 30 heavy (non-hydrogen) atoms. The highest BCUT2D eigenvalue weighted by atomic mass is 35.5. The smallest absolute Gasteiger partial charge is 0.274 e. The molecule has 0 aliphatic heterocycles. The number of hydrogen-bond acceptors (Lipinski definition) is 3. The van der Waals surface area contributed by atoms with Crippen LogP contribution in [0.3, 0.4) is 0 Å². The minimum Gasteiger partial charge on any atom is -0.398 e. The first-order chi connectivity index (χ1) is 14.3. The number of benzene rings is 1. The highest BCUT2D eigenvalue weighted by molar-refractivity contribution is 6.30. The van der Waals surface area contributed by atoms with Crippen LogP contribution >= 0.6 is 11.6 Å². The van der Waals surface area contributed by atoms with Crippen LogP contribution in [0.1, 0.15) is 45.6 Å². The zero-order valence-corrected chi connectivity index (χ0v) is 18.9. The Bertz CT molecular complexity index is 895. The molecule has 0 saturated carbocycles. The molecule has 0 spiro atoms. The molecule has 162 valence electrons. The van der Waals surface area contributed by atoms with Gasteiger partial charge >= 0.3 is 0 Å². The summed E-state index contributed by atoms with van der Waals surface area (Å²) in [6.07, 6.45) is 6.66. The standard InChI is InChI=1S/C23H33ClN6/c1-4-18(28-11-12-29-22(26)20-7-5-6-8-21(20)25)14-16(3)30-23(27)19-10-9-17(24)13-15(19)2/h5-8,13-14,18,28H,4,9-12,25H2,1-3H3,(H2,26,29)(H2,27,30)/p+1. The van der Waals surface area contributed by atoms with E-state index in [4.69, 9.17) is 28.8 Å². The number of para-hydroxylation sites is 1. The van der Waals surface area contributed by atoms with E-state index in [1.54, 1.807) is 0 Å². The van der Waals surface area contributed by atoms with E-state index >= 15 is 0 Å². The molecule has 0 radical (unpaired) electrons. The average molecular weight is 430 g/mol. The third-order valence-electron chi connectivity index (χ3n) is 5.05. The number of nitrogens with one attached hydrogen (secondary N) is 2. The summed E-state index contributed by atoms with van der Waals surface area (Å²) in [5.41, 5.74) is 22.9. The van der Waals surface area contributed by atoms with E-state index in [0.29, 0.717) is 23.9 Å². The molecule has 1 aliphatic carbocycles. The number of amidine groups is 2. The van der Waals surface area contributed by atoms with Gasteiger partial charge in [-0.1, -0.05) is 30.7 Å². The third-order valence-corrected chi connectivity index (χ3v) is 5.35. The second kappa shape index (κ2) is 11.6. The van der Waals surface area contributed by atoms with E-state index in [1.807, 2.05) is 44.2 Å². The van der Waals surface area contributed by atoms with Gasteiger partial charge in [-0.3, -0.25) is 10.7 Å². The Hall–Kier alpha value is -2.57. The summed E-state index contributed by atoms with van der Waals surface area (Å²) in [6.45, 7) is 7.57. The fraction of sp³-hybridized carbons (Fsp3) is 0.391. The minimum atomic E-state index is 0.196. The van der Waals surface area contributed by atoms with Gasteiger partial charge in [-0.25, -0.2) is 4.99 Å². The highest BCUT2D eigenvalue weighted by Crippen LogP contribution is 2.26. The predicted molar refractivity (Wildman–Crippen MR) is 128 cm³/mol. The Morgan fingerprint density at radius 2 is 2.03 bits per heavy atom. The lowest BCUT2D eigenvalue weighted by molar-refractivity contribution is -0.455. The monoisotopic (exact) mass is 429 g/mol. The summed E-state index contributed by atoms with van der Waals surface area (Å²) in [6, 6.07) is 7.75. The molecule has 0 aromatic heterocycles. The fourth-order valence-electron chi connectivity index (χ4n) is 3.37. The third kappa shape index (κ3) is 7.04. The number of allylic oxidation sites excluding steroid dienone is 4. The van der Waals surface area contributed by atoms with Crippen LogP contribution in [0.25, 0.3) is 0 Å². The predicted octanol–water partition coefficient (Wildman–Crippen LogP) is 1.92. The molecule has 0 bridgehead atoms. The van der Waals surface area contributed by atoms with Crippen LogP contribution in [-0.4, -0.2) is 30.8 Å². The van der Waals surface area contributed by atoms with Crippen molar-refractivity contribution in [2.75, 3.05) is 18.8 Å². The van der Waals surface area contributed by atoms with Crippen LogP contribution in [0.5, 0.6) is 0 Å². The number of nitrogen functional groups attached to an aromatic ring is 2. The van der Waals surface area contributed by atoms with Gasteiger partial charge in [0.15, 0.2) is 0 Å². The molecular weight excluding hydrogens is 396 g/mol. The van der Waals surface area contributed by atoms with Crippen LogP contribution in [0.4, 0.5) is 5.69 Å². The molecule has 1 unspecified atom stereocenters. The first kappa shape index (κ1) is 23.7. The Labute approximate surface area is 184 Å². The maximum Gasteiger partial charge on any atom is 0.274 e. The van der Waals surface area contributed by atoms with Crippen molar-refractivity contribution in [3.05, 3.63) is 63.9 Å².